The van der Waals surface area contributed by atoms with Gasteiger partial charge in [0.15, 0.2) is 0 Å². The first-order valence-corrected chi connectivity index (χ1v) is 8.65. The van der Waals surface area contributed by atoms with Crippen LogP contribution in [-0.2, 0) is 10.0 Å². The molecule has 2 atom stereocenters. The lowest BCUT2D eigenvalue weighted by molar-refractivity contribution is -0.274. The highest BCUT2D eigenvalue weighted by molar-refractivity contribution is 7.89. The molecule has 0 radical (unpaired) electrons. The van der Waals surface area contributed by atoms with E-state index in [-0.39, 0.29) is 16.9 Å². The van der Waals surface area contributed by atoms with E-state index < -0.39 is 22.1 Å². The zero-order chi connectivity index (χ0) is 17.3. The molecule has 0 saturated carbocycles. The van der Waals surface area contributed by atoms with Crippen LogP contribution in [-0.4, -0.2) is 38.2 Å². The van der Waals surface area contributed by atoms with Crippen LogP contribution >= 0.6 is 0 Å². The molecule has 1 heterocycles. The van der Waals surface area contributed by atoms with E-state index in [4.69, 9.17) is 5.73 Å². The summed E-state index contributed by atoms with van der Waals surface area (Å²) in [4.78, 5) is -0.0580. The summed E-state index contributed by atoms with van der Waals surface area (Å²) in [5.41, 5.74) is 5.85. The molecule has 1 aliphatic rings. The predicted octanol–water partition coefficient (Wildman–Crippen LogP) is 2.33. The maximum atomic E-state index is 12.6. The molecule has 1 aromatic rings. The van der Waals surface area contributed by atoms with E-state index in [1.165, 1.54) is 4.31 Å². The SMILES string of the molecule is C[C@@H](N)[C@H]1CCCN(S(=O)(=O)c2ccc(OC(F)(F)F)cc2)C1. The van der Waals surface area contributed by atoms with Crippen molar-refractivity contribution in [3.63, 3.8) is 0 Å². The number of ether oxygens (including phenoxy) is 1. The van der Waals surface area contributed by atoms with Gasteiger partial charge in [0, 0.05) is 19.1 Å². The Balaban J connectivity index is 2.16. The fourth-order valence-corrected chi connectivity index (χ4v) is 4.12. The van der Waals surface area contributed by atoms with Gasteiger partial charge in [0.05, 0.1) is 4.90 Å². The van der Waals surface area contributed by atoms with Crippen LogP contribution < -0.4 is 10.5 Å². The molecule has 0 aliphatic carbocycles. The minimum absolute atomic E-state index is 0.0580. The molecule has 0 bridgehead atoms. The third kappa shape index (κ3) is 4.58. The normalized spacial score (nSPS) is 21.9. The van der Waals surface area contributed by atoms with Gasteiger partial charge in [-0.3, -0.25) is 0 Å². The predicted molar refractivity (Wildman–Crippen MR) is 78.3 cm³/mol. The highest BCUT2D eigenvalue weighted by Gasteiger charge is 2.33. The summed E-state index contributed by atoms with van der Waals surface area (Å²) in [6.45, 7) is 2.54. The van der Waals surface area contributed by atoms with Gasteiger partial charge in [-0.1, -0.05) is 0 Å². The first-order chi connectivity index (χ1) is 10.6. The standard InChI is InChI=1S/C14H19F3N2O3S/c1-10(18)11-3-2-8-19(9-11)23(20,21)13-6-4-12(5-7-13)22-14(15,16)17/h4-7,10-11H,2-3,8-9,18H2,1H3/t10-,11+/m1/s1. The van der Waals surface area contributed by atoms with E-state index in [0.717, 1.165) is 30.7 Å². The Morgan fingerprint density at radius 2 is 1.91 bits per heavy atom. The van der Waals surface area contributed by atoms with E-state index in [1.807, 2.05) is 6.92 Å². The second kappa shape index (κ2) is 6.66. The summed E-state index contributed by atoms with van der Waals surface area (Å²) in [5, 5.41) is 0. The molecular formula is C14H19F3N2O3S. The van der Waals surface area contributed by atoms with Crippen molar-refractivity contribution in [3.05, 3.63) is 24.3 Å². The molecule has 2 N–H and O–H groups in total. The van der Waals surface area contributed by atoms with Crippen LogP contribution in [0.1, 0.15) is 19.8 Å². The van der Waals surface area contributed by atoms with Crippen molar-refractivity contribution < 1.29 is 26.3 Å². The lowest BCUT2D eigenvalue weighted by Crippen LogP contribution is -2.44. The molecule has 0 aromatic heterocycles. The zero-order valence-corrected chi connectivity index (χ0v) is 13.4. The first kappa shape index (κ1) is 18.0. The topological polar surface area (TPSA) is 72.6 Å². The van der Waals surface area contributed by atoms with Crippen molar-refractivity contribution >= 4 is 10.0 Å². The molecule has 130 valence electrons. The number of halogens is 3. The lowest BCUT2D eigenvalue weighted by atomic mass is 9.93. The number of hydrogen-bond acceptors (Lipinski definition) is 4. The molecule has 1 fully saturated rings. The van der Waals surface area contributed by atoms with Gasteiger partial charge in [0.1, 0.15) is 5.75 Å². The van der Waals surface area contributed by atoms with Crippen molar-refractivity contribution in [2.45, 2.75) is 37.1 Å². The van der Waals surface area contributed by atoms with Crippen LogP contribution in [0, 0.1) is 5.92 Å². The number of hydrogen-bond donors (Lipinski definition) is 1. The van der Waals surface area contributed by atoms with Crippen LogP contribution in [0.15, 0.2) is 29.2 Å². The van der Waals surface area contributed by atoms with Crippen LogP contribution in [0.3, 0.4) is 0 Å². The smallest absolute Gasteiger partial charge is 0.406 e. The number of nitrogens with zero attached hydrogens (tertiary/aromatic N) is 1. The van der Waals surface area contributed by atoms with Gasteiger partial charge in [-0.15, -0.1) is 13.2 Å². The fraction of sp³-hybridized carbons (Fsp3) is 0.571. The average Bonchev–Trinajstić information content (AvgIpc) is 2.46. The van der Waals surface area contributed by atoms with E-state index in [1.54, 1.807) is 0 Å². The second-order valence-electron chi connectivity index (χ2n) is 5.64. The van der Waals surface area contributed by atoms with E-state index in [9.17, 15) is 21.6 Å². The highest BCUT2D eigenvalue weighted by Crippen LogP contribution is 2.27. The van der Waals surface area contributed by atoms with Gasteiger partial charge >= 0.3 is 6.36 Å². The minimum atomic E-state index is -4.81. The number of sulfonamides is 1. The Labute approximate surface area is 133 Å². The van der Waals surface area contributed by atoms with Gasteiger partial charge < -0.3 is 10.5 Å². The minimum Gasteiger partial charge on any atom is -0.406 e. The van der Waals surface area contributed by atoms with Gasteiger partial charge in [0.25, 0.3) is 0 Å². The molecule has 2 rings (SSSR count). The third-order valence-electron chi connectivity index (χ3n) is 3.86. The van der Waals surface area contributed by atoms with Crippen LogP contribution in [0.2, 0.25) is 0 Å². The molecule has 0 unspecified atom stereocenters. The Hall–Kier alpha value is -1.32. The molecule has 1 aromatic carbocycles. The Kier molecular flexibility index (Phi) is 5.22. The Morgan fingerprint density at radius 3 is 2.43 bits per heavy atom. The highest BCUT2D eigenvalue weighted by atomic mass is 32.2. The molecular weight excluding hydrogens is 333 g/mol. The zero-order valence-electron chi connectivity index (χ0n) is 12.6. The maximum Gasteiger partial charge on any atom is 0.573 e. The van der Waals surface area contributed by atoms with Crippen LogP contribution in [0.25, 0.3) is 0 Å². The van der Waals surface area contributed by atoms with Crippen molar-refractivity contribution in [1.82, 2.24) is 4.31 Å². The summed E-state index contributed by atoms with van der Waals surface area (Å²) >= 11 is 0. The molecule has 5 nitrogen and oxygen atoms in total. The second-order valence-corrected chi connectivity index (χ2v) is 7.58. The molecule has 0 amide bonds. The third-order valence-corrected chi connectivity index (χ3v) is 5.74. The summed E-state index contributed by atoms with van der Waals surface area (Å²) in [7, 11) is -3.75. The number of rotatable bonds is 4. The number of benzene rings is 1. The Morgan fingerprint density at radius 1 is 1.30 bits per heavy atom. The first-order valence-electron chi connectivity index (χ1n) is 7.21. The lowest BCUT2D eigenvalue weighted by Gasteiger charge is -2.33. The average molecular weight is 352 g/mol. The van der Waals surface area contributed by atoms with Crippen molar-refractivity contribution in [2.75, 3.05) is 13.1 Å². The van der Waals surface area contributed by atoms with E-state index >= 15 is 0 Å². The Bertz CT molecular complexity index is 630. The number of nitrogens with two attached hydrogens (primary N) is 1. The maximum absolute atomic E-state index is 12.6. The van der Waals surface area contributed by atoms with Crippen molar-refractivity contribution in [1.29, 1.82) is 0 Å². The summed E-state index contributed by atoms with van der Waals surface area (Å²) in [5.74, 6) is -0.380. The van der Waals surface area contributed by atoms with E-state index in [2.05, 4.69) is 4.74 Å². The van der Waals surface area contributed by atoms with E-state index in [0.29, 0.717) is 19.5 Å². The van der Waals surface area contributed by atoms with Gasteiger partial charge in [-0.25, -0.2) is 8.42 Å². The number of alkyl halides is 3. The molecule has 1 saturated heterocycles. The largest absolute Gasteiger partial charge is 0.573 e. The van der Waals surface area contributed by atoms with Crippen molar-refractivity contribution in [3.8, 4) is 5.75 Å². The summed E-state index contributed by atoms with van der Waals surface area (Å²) in [6.07, 6.45) is -3.24. The van der Waals surface area contributed by atoms with Crippen molar-refractivity contribution in [2.24, 2.45) is 11.7 Å². The quantitative estimate of drug-likeness (QED) is 0.903. The van der Waals surface area contributed by atoms with Crippen LogP contribution in [0.4, 0.5) is 13.2 Å². The molecule has 1 aliphatic heterocycles. The van der Waals surface area contributed by atoms with Crippen LogP contribution in [0.5, 0.6) is 5.75 Å². The monoisotopic (exact) mass is 352 g/mol. The number of piperidine rings is 1. The molecule has 23 heavy (non-hydrogen) atoms. The summed E-state index contributed by atoms with van der Waals surface area (Å²) < 4.78 is 66.6. The fourth-order valence-electron chi connectivity index (χ4n) is 2.58. The van der Waals surface area contributed by atoms with Gasteiger partial charge in [0.2, 0.25) is 10.0 Å². The van der Waals surface area contributed by atoms with Gasteiger partial charge in [-0.05, 0) is 49.9 Å². The van der Waals surface area contributed by atoms with Gasteiger partial charge in [-0.2, -0.15) is 4.31 Å². The summed E-state index contributed by atoms with van der Waals surface area (Å²) in [6, 6.07) is 4.11. The molecule has 9 heteroatoms. The molecule has 0 spiro atoms.